The first-order chi connectivity index (χ1) is 23.7. The normalized spacial score (nSPS) is 12.5. The molecule has 1 N–H and O–H groups in total. The van der Waals surface area contributed by atoms with Crippen LogP contribution in [0.4, 0.5) is 0 Å². The SMILES string of the molecule is CCC(C)(CC)C(=O)/C=C(\O)C(C)(CC)CC.Cc1cc2cccc(-c3cc4c(-c5[c-]c6ccccc6c(C(C)(C)C)c5)nccc4s3)c2s1.[Ir]. The standard InChI is InChI=1S/C30H24NS2.C15H28O2.Ir/c1-18-14-20-9-7-11-23(29(20)32-18)27-17-24-26(33-27)12-13-31-28(24)21-15-19-8-5-6-10-22(19)25(16-21)30(2,3)4;1-7-14(5,8-2)12(16)11-13(17)15(6,9-3)10-4;/h5-14,16-17H,1-4H3;11,16H,7-10H2,1-6H3;/q-1;;/b;12-11-;. The van der Waals surface area contributed by atoms with Gasteiger partial charge in [0, 0.05) is 73.6 Å². The second-order valence-electron chi connectivity index (χ2n) is 15.1. The molecule has 51 heavy (non-hydrogen) atoms. The van der Waals surface area contributed by atoms with Crippen LogP contribution >= 0.6 is 22.7 Å². The van der Waals surface area contributed by atoms with E-state index in [9.17, 15) is 9.90 Å². The molecule has 0 bridgehead atoms. The monoisotopic (exact) mass is 895 g/mol. The fourth-order valence-corrected chi connectivity index (χ4v) is 8.55. The average molecular weight is 895 g/mol. The summed E-state index contributed by atoms with van der Waals surface area (Å²) < 4.78 is 2.63. The molecule has 1 radical (unpaired) electrons. The zero-order valence-corrected chi connectivity index (χ0v) is 35.8. The number of allylic oxidation sites excluding steroid dienone is 2. The first-order valence-corrected chi connectivity index (χ1v) is 19.6. The van der Waals surface area contributed by atoms with E-state index in [0.29, 0.717) is 0 Å². The summed E-state index contributed by atoms with van der Waals surface area (Å²) >= 11 is 3.72. The van der Waals surface area contributed by atoms with E-state index in [1.165, 1.54) is 52.5 Å². The van der Waals surface area contributed by atoms with E-state index in [-0.39, 0.29) is 47.9 Å². The van der Waals surface area contributed by atoms with E-state index in [2.05, 4.69) is 100 Å². The summed E-state index contributed by atoms with van der Waals surface area (Å²) in [6, 6.07) is 27.9. The maximum Gasteiger partial charge on any atom is 0.164 e. The molecule has 3 nitrogen and oxygen atoms in total. The number of aliphatic hydroxyl groups is 1. The zero-order chi connectivity index (χ0) is 36.4. The number of carbonyl (C=O) groups excluding carboxylic acids is 1. The molecule has 0 aliphatic heterocycles. The number of aliphatic hydroxyl groups excluding tert-OH is 1. The molecule has 271 valence electrons. The third-order valence-electron chi connectivity index (χ3n) is 10.8. The van der Waals surface area contributed by atoms with Crippen LogP contribution in [0.15, 0.2) is 84.8 Å². The Morgan fingerprint density at radius 1 is 0.824 bits per heavy atom. The Labute approximate surface area is 326 Å². The molecule has 0 fully saturated rings. The minimum absolute atomic E-state index is 0. The Morgan fingerprint density at radius 3 is 2.14 bits per heavy atom. The van der Waals surface area contributed by atoms with Crippen LogP contribution in [0.2, 0.25) is 0 Å². The van der Waals surface area contributed by atoms with Gasteiger partial charge in [0.15, 0.2) is 5.78 Å². The molecule has 6 aromatic rings. The number of ketones is 1. The molecule has 0 aliphatic carbocycles. The number of benzene rings is 3. The molecule has 0 saturated carbocycles. The summed E-state index contributed by atoms with van der Waals surface area (Å²) in [5.74, 6) is 0.286. The largest absolute Gasteiger partial charge is 0.512 e. The minimum atomic E-state index is -0.337. The molecule has 3 aromatic carbocycles. The number of fused-ring (bicyclic) bond motifs is 3. The Morgan fingerprint density at radius 2 is 1.49 bits per heavy atom. The Balaban J connectivity index is 0.000000279. The van der Waals surface area contributed by atoms with Crippen molar-refractivity contribution in [3.8, 4) is 21.7 Å². The van der Waals surface area contributed by atoms with Crippen LogP contribution in [0.3, 0.4) is 0 Å². The number of hydrogen-bond acceptors (Lipinski definition) is 5. The van der Waals surface area contributed by atoms with Gasteiger partial charge in [0.05, 0.1) is 0 Å². The Hall–Kier alpha value is -3.15. The van der Waals surface area contributed by atoms with Gasteiger partial charge in [-0.05, 0) is 67.0 Å². The fourth-order valence-electron chi connectivity index (χ4n) is 6.36. The molecular formula is C45H52IrNO2S2-. The molecule has 0 unspecified atom stereocenters. The molecule has 3 aromatic heterocycles. The summed E-state index contributed by atoms with van der Waals surface area (Å²) in [5.41, 5.74) is 4.16. The Kier molecular flexibility index (Phi) is 12.9. The molecule has 0 spiro atoms. The zero-order valence-electron chi connectivity index (χ0n) is 31.8. The molecule has 0 saturated heterocycles. The number of aryl methyl sites for hydroxylation is 1. The number of rotatable bonds is 9. The molecule has 6 heteroatoms. The van der Waals surface area contributed by atoms with Crippen molar-refractivity contribution in [3.63, 3.8) is 0 Å². The van der Waals surface area contributed by atoms with Crippen molar-refractivity contribution in [3.05, 3.63) is 101 Å². The predicted octanol–water partition coefficient (Wildman–Crippen LogP) is 14.1. The van der Waals surface area contributed by atoms with Gasteiger partial charge in [-0.15, -0.1) is 51.8 Å². The summed E-state index contributed by atoms with van der Waals surface area (Å²) in [6.45, 7) is 21.1. The van der Waals surface area contributed by atoms with Crippen molar-refractivity contribution >= 4 is 59.4 Å². The molecule has 6 rings (SSSR count). The van der Waals surface area contributed by atoms with E-state index in [4.69, 9.17) is 4.98 Å². The van der Waals surface area contributed by atoms with E-state index in [0.717, 1.165) is 42.3 Å². The fraction of sp³-hybridized carbons (Fsp3) is 0.378. The topological polar surface area (TPSA) is 50.2 Å². The van der Waals surface area contributed by atoms with Crippen LogP contribution in [0.5, 0.6) is 0 Å². The molecule has 0 amide bonds. The first-order valence-electron chi connectivity index (χ1n) is 18.0. The van der Waals surface area contributed by atoms with Gasteiger partial charge in [-0.2, -0.15) is 0 Å². The van der Waals surface area contributed by atoms with Gasteiger partial charge in [-0.1, -0.05) is 110 Å². The summed E-state index contributed by atoms with van der Waals surface area (Å²) in [4.78, 5) is 19.7. The van der Waals surface area contributed by atoms with Gasteiger partial charge in [0.1, 0.15) is 5.76 Å². The van der Waals surface area contributed by atoms with Crippen LogP contribution in [-0.2, 0) is 30.3 Å². The third-order valence-corrected chi connectivity index (χ3v) is 13.1. The summed E-state index contributed by atoms with van der Waals surface area (Å²) in [5, 5.41) is 15.1. The van der Waals surface area contributed by atoms with Crippen LogP contribution in [-0.4, -0.2) is 15.9 Å². The van der Waals surface area contributed by atoms with Crippen molar-refractivity contribution < 1.29 is 30.0 Å². The maximum atomic E-state index is 12.2. The first kappa shape index (κ1) is 40.6. The molecule has 0 aliphatic rings. The third kappa shape index (κ3) is 8.41. The van der Waals surface area contributed by atoms with Gasteiger partial charge < -0.3 is 5.11 Å². The van der Waals surface area contributed by atoms with Crippen molar-refractivity contribution in [2.45, 2.75) is 100 Å². The summed E-state index contributed by atoms with van der Waals surface area (Å²) in [6.07, 6.45) is 6.69. The van der Waals surface area contributed by atoms with Crippen molar-refractivity contribution in [1.82, 2.24) is 4.98 Å². The summed E-state index contributed by atoms with van der Waals surface area (Å²) in [7, 11) is 0. The van der Waals surface area contributed by atoms with Crippen LogP contribution in [0, 0.1) is 23.8 Å². The number of nitrogens with zero attached hydrogens (tertiary/aromatic N) is 1. The number of hydrogen-bond donors (Lipinski definition) is 1. The van der Waals surface area contributed by atoms with Crippen LogP contribution in [0.1, 0.15) is 98.4 Å². The second kappa shape index (κ2) is 16.3. The van der Waals surface area contributed by atoms with Gasteiger partial charge >= 0.3 is 0 Å². The predicted molar refractivity (Wildman–Crippen MR) is 219 cm³/mol. The average Bonchev–Trinajstić information content (AvgIpc) is 3.73. The van der Waals surface area contributed by atoms with Crippen LogP contribution < -0.4 is 0 Å². The van der Waals surface area contributed by atoms with Gasteiger partial charge in [-0.3, -0.25) is 9.78 Å². The Bertz CT molecular complexity index is 2170. The minimum Gasteiger partial charge on any atom is -0.512 e. The number of aromatic nitrogens is 1. The van der Waals surface area contributed by atoms with Gasteiger partial charge in [0.2, 0.25) is 0 Å². The number of pyridine rings is 1. The van der Waals surface area contributed by atoms with Gasteiger partial charge in [-0.25, -0.2) is 0 Å². The van der Waals surface area contributed by atoms with E-state index in [1.54, 1.807) is 0 Å². The number of thiophene rings is 2. The maximum absolute atomic E-state index is 12.2. The van der Waals surface area contributed by atoms with Gasteiger partial charge in [0.25, 0.3) is 0 Å². The van der Waals surface area contributed by atoms with Crippen molar-refractivity contribution in [1.29, 1.82) is 0 Å². The van der Waals surface area contributed by atoms with Crippen molar-refractivity contribution in [2.75, 3.05) is 0 Å². The van der Waals surface area contributed by atoms with E-state index in [1.807, 2.05) is 70.4 Å². The quantitative estimate of drug-likeness (QED) is 0.0894. The van der Waals surface area contributed by atoms with Crippen molar-refractivity contribution in [2.24, 2.45) is 10.8 Å². The molecule has 0 atom stereocenters. The molecule has 3 heterocycles. The number of carbonyl (C=O) groups is 1. The molecular weight excluding hydrogens is 843 g/mol. The van der Waals surface area contributed by atoms with E-state index >= 15 is 0 Å². The smallest absolute Gasteiger partial charge is 0.164 e. The van der Waals surface area contributed by atoms with E-state index < -0.39 is 0 Å². The van der Waals surface area contributed by atoms with Crippen LogP contribution in [0.25, 0.3) is 52.6 Å². The second-order valence-corrected chi connectivity index (χ2v) is 17.4.